The molecule has 4 nitrogen and oxygen atoms in total. The van der Waals surface area contributed by atoms with E-state index >= 15 is 0 Å². The Labute approximate surface area is 78.4 Å². The summed E-state index contributed by atoms with van der Waals surface area (Å²) in [5.41, 5.74) is 0. The van der Waals surface area contributed by atoms with Crippen molar-refractivity contribution in [2.45, 2.75) is 32.6 Å². The third-order valence-electron chi connectivity index (χ3n) is 1.76. The average molecular weight is 208 g/mol. The molecule has 0 fully saturated rings. The highest BCUT2D eigenvalue weighted by atomic mass is 31.2. The third kappa shape index (κ3) is 8.00. The molecule has 0 heterocycles. The zero-order chi connectivity index (χ0) is 10.3. The lowest BCUT2D eigenvalue weighted by Gasteiger charge is -2.09. The lowest BCUT2D eigenvalue weighted by molar-refractivity contribution is -0.137. The molecule has 0 saturated heterocycles. The Bertz CT molecular complexity index is 202. The fourth-order valence-corrected chi connectivity index (χ4v) is 2.68. The molecule has 0 amide bonds. The molecule has 1 atom stereocenters. The normalized spacial score (nSPS) is 15.2. The molecule has 0 aliphatic rings. The van der Waals surface area contributed by atoms with E-state index in [0.717, 1.165) is 12.8 Å². The van der Waals surface area contributed by atoms with Crippen LogP contribution in [0.2, 0.25) is 0 Å². The third-order valence-corrected chi connectivity index (χ3v) is 3.79. The summed E-state index contributed by atoms with van der Waals surface area (Å²) in [4.78, 5) is 19.4. The van der Waals surface area contributed by atoms with E-state index in [1.54, 1.807) is 0 Å². The van der Waals surface area contributed by atoms with Gasteiger partial charge in [0.05, 0.1) is 0 Å². The minimum atomic E-state index is -3.03. The Hall–Kier alpha value is -0.340. The average Bonchev–Trinajstić information content (AvgIpc) is 2.00. The first-order valence-electron chi connectivity index (χ1n) is 4.50. The van der Waals surface area contributed by atoms with E-state index in [2.05, 4.69) is 0 Å². The van der Waals surface area contributed by atoms with Gasteiger partial charge in [0.15, 0.2) is 0 Å². The highest BCUT2D eigenvalue weighted by Crippen LogP contribution is 2.42. The number of carboxylic acid groups (broad SMARTS) is 1. The highest BCUT2D eigenvalue weighted by molar-refractivity contribution is 7.57. The van der Waals surface area contributed by atoms with E-state index in [1.165, 1.54) is 0 Å². The van der Waals surface area contributed by atoms with Gasteiger partial charge >= 0.3 is 5.97 Å². The van der Waals surface area contributed by atoms with Crippen LogP contribution >= 0.6 is 7.37 Å². The van der Waals surface area contributed by atoms with Crippen molar-refractivity contribution in [3.8, 4) is 0 Å². The predicted octanol–water partition coefficient (Wildman–Crippen LogP) is 1.92. The van der Waals surface area contributed by atoms with Crippen molar-refractivity contribution in [1.29, 1.82) is 0 Å². The van der Waals surface area contributed by atoms with Crippen LogP contribution in [0.4, 0.5) is 0 Å². The summed E-state index contributed by atoms with van der Waals surface area (Å²) >= 11 is 0. The molecule has 0 radical (unpaired) electrons. The van der Waals surface area contributed by atoms with E-state index in [1.807, 2.05) is 6.92 Å². The molecule has 0 saturated carbocycles. The molecule has 0 aromatic carbocycles. The lowest BCUT2D eigenvalue weighted by atomic mass is 10.3. The standard InChI is InChI=1S/C8H17O4P/c1-2-3-6-13(11,12)7-4-5-8(9)10/h2-7H2,1H3,(H,9,10)(H,11,12). The maximum Gasteiger partial charge on any atom is 0.303 e. The molecule has 0 spiro atoms. The summed E-state index contributed by atoms with van der Waals surface area (Å²) < 4.78 is 11.3. The van der Waals surface area contributed by atoms with E-state index in [0.29, 0.717) is 12.6 Å². The van der Waals surface area contributed by atoms with Crippen molar-refractivity contribution in [2.75, 3.05) is 12.3 Å². The summed E-state index contributed by atoms with van der Waals surface area (Å²) in [6.45, 7) is 1.96. The Morgan fingerprint density at radius 1 is 1.31 bits per heavy atom. The molecule has 0 aliphatic heterocycles. The second-order valence-corrected chi connectivity index (χ2v) is 5.73. The Balaban J connectivity index is 3.63. The van der Waals surface area contributed by atoms with Gasteiger partial charge in [0.1, 0.15) is 0 Å². The Morgan fingerprint density at radius 3 is 2.31 bits per heavy atom. The van der Waals surface area contributed by atoms with Crippen molar-refractivity contribution in [2.24, 2.45) is 0 Å². The van der Waals surface area contributed by atoms with E-state index in [4.69, 9.17) is 5.11 Å². The first-order valence-corrected chi connectivity index (χ1v) is 6.53. The van der Waals surface area contributed by atoms with Crippen LogP contribution in [0.25, 0.3) is 0 Å². The minimum absolute atomic E-state index is 0.0172. The smallest absolute Gasteiger partial charge is 0.303 e. The number of rotatable bonds is 7. The molecule has 0 rings (SSSR count). The van der Waals surface area contributed by atoms with Crippen molar-refractivity contribution >= 4 is 13.3 Å². The number of carbonyl (C=O) groups is 1. The fourth-order valence-electron chi connectivity index (χ4n) is 0.994. The van der Waals surface area contributed by atoms with Gasteiger partial charge in [-0.15, -0.1) is 0 Å². The van der Waals surface area contributed by atoms with Crippen LogP contribution in [0.1, 0.15) is 32.6 Å². The second kappa shape index (κ2) is 6.17. The van der Waals surface area contributed by atoms with E-state index < -0.39 is 13.3 Å². The molecule has 0 bridgehead atoms. The van der Waals surface area contributed by atoms with Crippen LogP contribution in [0.15, 0.2) is 0 Å². The molecule has 5 heteroatoms. The Morgan fingerprint density at radius 2 is 1.85 bits per heavy atom. The summed E-state index contributed by atoms with van der Waals surface area (Å²) in [5, 5.41) is 8.32. The topological polar surface area (TPSA) is 74.6 Å². The van der Waals surface area contributed by atoms with Gasteiger partial charge in [0.2, 0.25) is 7.37 Å². The largest absolute Gasteiger partial charge is 0.481 e. The Kier molecular flexibility index (Phi) is 6.00. The summed E-state index contributed by atoms with van der Waals surface area (Å²) in [5.74, 6) is -0.907. The van der Waals surface area contributed by atoms with Gasteiger partial charge in [0.25, 0.3) is 0 Å². The first-order chi connectivity index (χ1) is 5.98. The highest BCUT2D eigenvalue weighted by Gasteiger charge is 2.16. The summed E-state index contributed by atoms with van der Waals surface area (Å²) in [6.07, 6.45) is 2.37. The number of unbranched alkanes of at least 4 members (excludes halogenated alkanes) is 1. The summed E-state index contributed by atoms with van der Waals surface area (Å²) in [6, 6.07) is 0. The molecule has 1 unspecified atom stereocenters. The molecular weight excluding hydrogens is 191 g/mol. The maximum atomic E-state index is 11.3. The fraction of sp³-hybridized carbons (Fsp3) is 0.875. The second-order valence-electron chi connectivity index (χ2n) is 3.14. The van der Waals surface area contributed by atoms with Crippen LogP contribution in [0.5, 0.6) is 0 Å². The van der Waals surface area contributed by atoms with Crippen LogP contribution in [-0.4, -0.2) is 28.3 Å². The zero-order valence-electron chi connectivity index (χ0n) is 7.90. The van der Waals surface area contributed by atoms with Crippen molar-refractivity contribution in [1.82, 2.24) is 0 Å². The van der Waals surface area contributed by atoms with Gasteiger partial charge in [-0.1, -0.05) is 13.3 Å². The molecule has 2 N–H and O–H groups in total. The SMILES string of the molecule is CCCCP(=O)(O)CCCC(=O)O. The molecular formula is C8H17O4P. The molecule has 78 valence electrons. The molecule has 13 heavy (non-hydrogen) atoms. The number of hydrogen-bond acceptors (Lipinski definition) is 2. The number of aliphatic carboxylic acids is 1. The number of carboxylic acids is 1. The predicted molar refractivity (Wildman–Crippen MR) is 51.3 cm³/mol. The van der Waals surface area contributed by atoms with Crippen LogP contribution in [-0.2, 0) is 9.36 Å². The minimum Gasteiger partial charge on any atom is -0.481 e. The van der Waals surface area contributed by atoms with Gasteiger partial charge in [-0.05, 0) is 12.8 Å². The van der Waals surface area contributed by atoms with Crippen LogP contribution in [0.3, 0.4) is 0 Å². The van der Waals surface area contributed by atoms with E-state index in [-0.39, 0.29) is 12.6 Å². The number of hydrogen-bond donors (Lipinski definition) is 2. The molecule has 0 aromatic rings. The molecule has 0 aromatic heterocycles. The molecule has 0 aliphatic carbocycles. The van der Waals surface area contributed by atoms with E-state index in [9.17, 15) is 14.3 Å². The van der Waals surface area contributed by atoms with Crippen molar-refractivity contribution in [3.63, 3.8) is 0 Å². The quantitative estimate of drug-likeness (QED) is 0.627. The summed E-state index contributed by atoms with van der Waals surface area (Å²) in [7, 11) is -3.03. The van der Waals surface area contributed by atoms with Gasteiger partial charge in [-0.2, -0.15) is 0 Å². The van der Waals surface area contributed by atoms with Crippen molar-refractivity contribution in [3.05, 3.63) is 0 Å². The van der Waals surface area contributed by atoms with Gasteiger partial charge in [-0.3, -0.25) is 9.36 Å². The first kappa shape index (κ1) is 12.7. The van der Waals surface area contributed by atoms with Gasteiger partial charge in [-0.25, -0.2) is 0 Å². The monoisotopic (exact) mass is 208 g/mol. The van der Waals surface area contributed by atoms with Gasteiger partial charge < -0.3 is 10.00 Å². The van der Waals surface area contributed by atoms with Crippen LogP contribution in [0, 0.1) is 0 Å². The maximum absolute atomic E-state index is 11.3. The zero-order valence-corrected chi connectivity index (χ0v) is 8.80. The van der Waals surface area contributed by atoms with Crippen LogP contribution < -0.4 is 0 Å². The van der Waals surface area contributed by atoms with Crippen molar-refractivity contribution < 1.29 is 19.4 Å². The lowest BCUT2D eigenvalue weighted by Crippen LogP contribution is -1.99. The van der Waals surface area contributed by atoms with Gasteiger partial charge in [0, 0.05) is 18.7 Å².